The van der Waals surface area contributed by atoms with Crippen LogP contribution >= 0.6 is 0 Å². The maximum Gasteiger partial charge on any atom is 0.230 e. The standard InChI is InChI=1S/C17H27N5O2/c1-11-14(15(23-6)21(5)20-11)12-8-7-9-22(12)10-13-18-19-16(24-13)17(2,3)4/h12H,7-10H2,1-6H3/t12-/m0/s1. The Morgan fingerprint density at radius 3 is 2.67 bits per heavy atom. The minimum Gasteiger partial charge on any atom is -0.481 e. The molecule has 0 amide bonds. The molecule has 1 aliphatic heterocycles. The van der Waals surface area contributed by atoms with E-state index in [1.807, 2.05) is 18.7 Å². The third-order valence-electron chi connectivity index (χ3n) is 4.55. The Hall–Kier alpha value is -1.89. The van der Waals surface area contributed by atoms with Crippen LogP contribution in [0.15, 0.2) is 4.42 Å². The largest absolute Gasteiger partial charge is 0.481 e. The zero-order valence-electron chi connectivity index (χ0n) is 15.5. The number of hydrogen-bond donors (Lipinski definition) is 0. The molecular formula is C17H27N5O2. The van der Waals surface area contributed by atoms with Crippen molar-refractivity contribution in [1.29, 1.82) is 0 Å². The Bertz CT molecular complexity index is 713. The minimum atomic E-state index is -0.126. The zero-order valence-corrected chi connectivity index (χ0v) is 15.5. The van der Waals surface area contributed by atoms with Gasteiger partial charge in [-0.1, -0.05) is 20.8 Å². The van der Waals surface area contributed by atoms with E-state index in [1.165, 1.54) is 5.56 Å². The lowest BCUT2D eigenvalue weighted by molar-refractivity contribution is 0.213. The molecule has 0 aliphatic carbocycles. The van der Waals surface area contributed by atoms with Crippen molar-refractivity contribution in [3.05, 3.63) is 23.0 Å². The van der Waals surface area contributed by atoms with Crippen molar-refractivity contribution in [2.75, 3.05) is 13.7 Å². The van der Waals surface area contributed by atoms with Crippen LogP contribution in [0.25, 0.3) is 0 Å². The first kappa shape index (κ1) is 17.0. The van der Waals surface area contributed by atoms with Crippen LogP contribution in [0.1, 0.15) is 62.7 Å². The van der Waals surface area contributed by atoms with Gasteiger partial charge in [-0.15, -0.1) is 10.2 Å². The van der Waals surface area contributed by atoms with Gasteiger partial charge in [0.25, 0.3) is 0 Å². The molecule has 24 heavy (non-hydrogen) atoms. The molecule has 0 bridgehead atoms. The molecule has 0 spiro atoms. The molecule has 3 heterocycles. The Balaban J connectivity index is 1.83. The van der Waals surface area contributed by atoms with E-state index >= 15 is 0 Å². The SMILES string of the molecule is COc1c([C@@H]2CCCN2Cc2nnc(C(C)(C)C)o2)c(C)nn1C. The topological polar surface area (TPSA) is 69.2 Å². The molecule has 0 N–H and O–H groups in total. The number of aryl methyl sites for hydroxylation is 2. The van der Waals surface area contributed by atoms with Gasteiger partial charge in [0.1, 0.15) is 0 Å². The maximum absolute atomic E-state index is 5.87. The summed E-state index contributed by atoms with van der Waals surface area (Å²) >= 11 is 0. The number of hydrogen-bond acceptors (Lipinski definition) is 6. The fourth-order valence-corrected chi connectivity index (χ4v) is 3.42. The predicted octanol–water partition coefficient (Wildman–Crippen LogP) is 2.75. The molecule has 0 saturated carbocycles. The molecule has 7 heteroatoms. The Kier molecular flexibility index (Phi) is 4.38. The molecule has 1 saturated heterocycles. The highest BCUT2D eigenvalue weighted by molar-refractivity contribution is 5.35. The fourth-order valence-electron chi connectivity index (χ4n) is 3.42. The van der Waals surface area contributed by atoms with Gasteiger partial charge in [-0.05, 0) is 26.3 Å². The Labute approximate surface area is 143 Å². The van der Waals surface area contributed by atoms with Crippen LogP contribution in [0.3, 0.4) is 0 Å². The van der Waals surface area contributed by atoms with Crippen LogP contribution in [-0.2, 0) is 19.0 Å². The third kappa shape index (κ3) is 3.05. The molecule has 0 aromatic carbocycles. The Morgan fingerprint density at radius 2 is 2.04 bits per heavy atom. The van der Waals surface area contributed by atoms with E-state index in [-0.39, 0.29) is 11.5 Å². The predicted molar refractivity (Wildman–Crippen MR) is 89.9 cm³/mol. The van der Waals surface area contributed by atoms with Gasteiger partial charge in [0.05, 0.1) is 24.9 Å². The quantitative estimate of drug-likeness (QED) is 0.857. The summed E-state index contributed by atoms with van der Waals surface area (Å²) in [7, 11) is 3.62. The average molecular weight is 333 g/mol. The second-order valence-electron chi connectivity index (χ2n) is 7.51. The molecule has 0 unspecified atom stereocenters. The highest BCUT2D eigenvalue weighted by atomic mass is 16.5. The van der Waals surface area contributed by atoms with Crippen LogP contribution in [0.2, 0.25) is 0 Å². The molecule has 132 valence electrons. The lowest BCUT2D eigenvalue weighted by Gasteiger charge is -2.23. The van der Waals surface area contributed by atoms with Crippen LogP contribution in [0, 0.1) is 6.92 Å². The second kappa shape index (κ2) is 6.20. The zero-order chi connectivity index (χ0) is 17.5. The van der Waals surface area contributed by atoms with E-state index in [2.05, 4.69) is 41.0 Å². The van der Waals surface area contributed by atoms with E-state index in [0.29, 0.717) is 18.3 Å². The van der Waals surface area contributed by atoms with Crippen LogP contribution in [0.4, 0.5) is 0 Å². The van der Waals surface area contributed by atoms with Gasteiger partial charge in [-0.2, -0.15) is 5.10 Å². The van der Waals surface area contributed by atoms with Gasteiger partial charge in [0.2, 0.25) is 17.7 Å². The van der Waals surface area contributed by atoms with E-state index < -0.39 is 0 Å². The van der Waals surface area contributed by atoms with Crippen molar-refractivity contribution >= 4 is 0 Å². The second-order valence-corrected chi connectivity index (χ2v) is 7.51. The van der Waals surface area contributed by atoms with Crippen molar-refractivity contribution < 1.29 is 9.15 Å². The lowest BCUT2D eigenvalue weighted by Crippen LogP contribution is -2.23. The molecule has 1 fully saturated rings. The number of aromatic nitrogens is 4. The number of rotatable bonds is 4. The molecule has 3 rings (SSSR count). The van der Waals surface area contributed by atoms with Gasteiger partial charge in [0, 0.05) is 18.5 Å². The van der Waals surface area contributed by atoms with Gasteiger partial charge >= 0.3 is 0 Å². The smallest absolute Gasteiger partial charge is 0.230 e. The van der Waals surface area contributed by atoms with Crippen molar-refractivity contribution in [3.8, 4) is 5.88 Å². The van der Waals surface area contributed by atoms with Crippen LogP contribution < -0.4 is 4.74 Å². The highest BCUT2D eigenvalue weighted by Crippen LogP contribution is 2.39. The lowest BCUT2D eigenvalue weighted by atomic mass is 9.97. The van der Waals surface area contributed by atoms with Crippen molar-refractivity contribution in [2.45, 2.75) is 58.5 Å². The third-order valence-corrected chi connectivity index (χ3v) is 4.55. The summed E-state index contributed by atoms with van der Waals surface area (Å²) in [5.74, 6) is 2.20. The van der Waals surface area contributed by atoms with E-state index in [9.17, 15) is 0 Å². The van der Waals surface area contributed by atoms with Crippen molar-refractivity contribution in [2.24, 2.45) is 7.05 Å². The highest BCUT2D eigenvalue weighted by Gasteiger charge is 2.33. The molecule has 1 atom stereocenters. The number of ether oxygens (including phenoxy) is 1. The van der Waals surface area contributed by atoms with E-state index in [4.69, 9.17) is 9.15 Å². The first-order valence-corrected chi connectivity index (χ1v) is 8.45. The van der Waals surface area contributed by atoms with Crippen molar-refractivity contribution in [3.63, 3.8) is 0 Å². The van der Waals surface area contributed by atoms with Crippen molar-refractivity contribution in [1.82, 2.24) is 24.9 Å². The van der Waals surface area contributed by atoms with Gasteiger partial charge in [-0.3, -0.25) is 4.90 Å². The first-order chi connectivity index (χ1) is 11.3. The van der Waals surface area contributed by atoms with Gasteiger partial charge < -0.3 is 9.15 Å². The minimum absolute atomic E-state index is 0.126. The summed E-state index contributed by atoms with van der Waals surface area (Å²) in [4.78, 5) is 2.38. The van der Waals surface area contributed by atoms with Crippen LogP contribution in [-0.4, -0.2) is 38.5 Å². The van der Waals surface area contributed by atoms with E-state index in [1.54, 1.807) is 7.11 Å². The molecular weight excluding hydrogens is 306 g/mol. The van der Waals surface area contributed by atoms with Gasteiger partial charge in [-0.25, -0.2) is 4.68 Å². The van der Waals surface area contributed by atoms with Crippen LogP contribution in [0.5, 0.6) is 5.88 Å². The summed E-state index contributed by atoms with van der Waals surface area (Å²) in [5.41, 5.74) is 2.07. The Morgan fingerprint density at radius 1 is 1.29 bits per heavy atom. The average Bonchev–Trinajstić information content (AvgIpc) is 3.18. The molecule has 2 aromatic heterocycles. The van der Waals surface area contributed by atoms with Gasteiger partial charge in [0.15, 0.2) is 0 Å². The first-order valence-electron chi connectivity index (χ1n) is 8.45. The summed E-state index contributed by atoms with van der Waals surface area (Å²) in [6.07, 6.45) is 2.23. The summed E-state index contributed by atoms with van der Waals surface area (Å²) in [6.45, 7) is 9.94. The molecule has 0 radical (unpaired) electrons. The van der Waals surface area contributed by atoms with E-state index in [0.717, 1.165) is 31.0 Å². The molecule has 7 nitrogen and oxygen atoms in total. The summed E-state index contributed by atoms with van der Waals surface area (Å²) in [6, 6.07) is 0.277. The molecule has 1 aliphatic rings. The number of nitrogens with zero attached hydrogens (tertiary/aromatic N) is 5. The summed E-state index contributed by atoms with van der Waals surface area (Å²) in [5, 5.41) is 13.0. The monoisotopic (exact) mass is 333 g/mol. The fraction of sp³-hybridized carbons (Fsp3) is 0.706. The molecule has 2 aromatic rings. The summed E-state index contributed by atoms with van der Waals surface area (Å²) < 4.78 is 13.3. The normalized spacial score (nSPS) is 19.2. The maximum atomic E-state index is 5.87. The number of methoxy groups -OCH3 is 1. The number of likely N-dealkylation sites (tertiary alicyclic amines) is 1.